The number of hydrogen-bond donors (Lipinski definition) is 1. The van der Waals surface area contributed by atoms with Crippen LogP contribution in [0.1, 0.15) is 46.0 Å². The fourth-order valence-corrected chi connectivity index (χ4v) is 3.56. The van der Waals surface area contributed by atoms with E-state index in [2.05, 4.69) is 0 Å². The van der Waals surface area contributed by atoms with Crippen molar-refractivity contribution in [3.05, 3.63) is 0 Å². The van der Waals surface area contributed by atoms with E-state index in [0.29, 0.717) is 31.9 Å². The van der Waals surface area contributed by atoms with Gasteiger partial charge < -0.3 is 14.7 Å². The molecule has 1 heterocycles. The van der Waals surface area contributed by atoms with Crippen LogP contribution in [0.15, 0.2) is 0 Å². The van der Waals surface area contributed by atoms with Gasteiger partial charge >= 0.3 is 5.97 Å². The zero-order chi connectivity index (χ0) is 14.7. The zero-order valence-electron chi connectivity index (χ0n) is 12.4. The third-order valence-corrected chi connectivity index (χ3v) is 4.45. The first kappa shape index (κ1) is 15.3. The fourth-order valence-electron chi connectivity index (χ4n) is 3.56. The maximum Gasteiger partial charge on any atom is 0.326 e. The monoisotopic (exact) mass is 283 g/mol. The molecule has 1 saturated heterocycles. The summed E-state index contributed by atoms with van der Waals surface area (Å²) in [5.41, 5.74) is 0. The second kappa shape index (κ2) is 6.57. The molecule has 0 aromatic rings. The van der Waals surface area contributed by atoms with E-state index in [1.165, 1.54) is 0 Å². The average Bonchev–Trinajstić information content (AvgIpc) is 2.92. The number of carbonyl (C=O) groups is 2. The number of nitrogens with zero attached hydrogens (tertiary/aromatic N) is 1. The summed E-state index contributed by atoms with van der Waals surface area (Å²) in [5, 5.41) is 9.41. The summed E-state index contributed by atoms with van der Waals surface area (Å²) in [4.78, 5) is 25.3. The van der Waals surface area contributed by atoms with Gasteiger partial charge in [-0.2, -0.15) is 0 Å². The van der Waals surface area contributed by atoms with Crippen molar-refractivity contribution >= 4 is 11.9 Å². The predicted octanol–water partition coefficient (Wildman–Crippen LogP) is 1.90. The van der Waals surface area contributed by atoms with E-state index in [1.807, 2.05) is 13.8 Å². The first-order chi connectivity index (χ1) is 9.50. The van der Waals surface area contributed by atoms with Gasteiger partial charge in [-0.25, -0.2) is 4.79 Å². The van der Waals surface area contributed by atoms with Crippen molar-refractivity contribution in [1.29, 1.82) is 0 Å². The fraction of sp³-hybridized carbons (Fsp3) is 0.867. The van der Waals surface area contributed by atoms with Gasteiger partial charge in [0.2, 0.25) is 5.91 Å². The normalized spacial score (nSPS) is 28.9. The van der Waals surface area contributed by atoms with Crippen LogP contribution in [0.2, 0.25) is 0 Å². The van der Waals surface area contributed by atoms with Crippen molar-refractivity contribution < 1.29 is 19.4 Å². The van der Waals surface area contributed by atoms with Crippen LogP contribution in [-0.2, 0) is 14.3 Å². The Morgan fingerprint density at radius 3 is 2.75 bits per heavy atom. The van der Waals surface area contributed by atoms with Crippen LogP contribution in [0, 0.1) is 11.8 Å². The van der Waals surface area contributed by atoms with Gasteiger partial charge in [0.1, 0.15) is 6.04 Å². The van der Waals surface area contributed by atoms with Crippen LogP contribution in [-0.4, -0.2) is 47.2 Å². The molecule has 5 nitrogen and oxygen atoms in total. The van der Waals surface area contributed by atoms with Crippen LogP contribution in [0.3, 0.4) is 0 Å². The Morgan fingerprint density at radius 1 is 1.35 bits per heavy atom. The number of rotatable bonds is 6. The molecule has 0 aromatic carbocycles. The number of ether oxygens (including phenoxy) is 1. The van der Waals surface area contributed by atoms with E-state index in [4.69, 9.17) is 4.74 Å². The average molecular weight is 283 g/mol. The molecule has 3 atom stereocenters. The molecular weight excluding hydrogens is 258 g/mol. The summed E-state index contributed by atoms with van der Waals surface area (Å²) in [6, 6.07) is -0.596. The van der Waals surface area contributed by atoms with Gasteiger partial charge in [-0.1, -0.05) is 6.42 Å². The van der Waals surface area contributed by atoms with Crippen LogP contribution >= 0.6 is 0 Å². The van der Waals surface area contributed by atoms with Gasteiger partial charge in [0.05, 0.1) is 6.10 Å². The van der Waals surface area contributed by atoms with E-state index >= 15 is 0 Å². The number of hydrogen-bond acceptors (Lipinski definition) is 3. The lowest BCUT2D eigenvalue weighted by atomic mass is 9.94. The summed E-state index contributed by atoms with van der Waals surface area (Å²) in [6.07, 6.45) is 4.33. The number of aliphatic carboxylic acids is 1. The SMILES string of the molecule is CC(C)OCCCC(=O)N1CC2CCCC2C1C(=O)O. The van der Waals surface area contributed by atoms with Crippen molar-refractivity contribution in [1.82, 2.24) is 4.90 Å². The van der Waals surface area contributed by atoms with E-state index in [1.54, 1.807) is 4.90 Å². The van der Waals surface area contributed by atoms with Gasteiger partial charge in [-0.05, 0) is 44.9 Å². The molecule has 5 heteroatoms. The van der Waals surface area contributed by atoms with Crippen molar-refractivity contribution in [2.75, 3.05) is 13.2 Å². The molecule has 0 aromatic heterocycles. The Morgan fingerprint density at radius 2 is 2.10 bits per heavy atom. The van der Waals surface area contributed by atoms with E-state index in [9.17, 15) is 14.7 Å². The zero-order valence-corrected chi connectivity index (χ0v) is 12.4. The van der Waals surface area contributed by atoms with Crippen molar-refractivity contribution in [2.45, 2.75) is 58.1 Å². The number of carbonyl (C=O) groups excluding carboxylic acids is 1. The lowest BCUT2D eigenvalue weighted by Gasteiger charge is -2.24. The minimum absolute atomic E-state index is 0.0286. The molecule has 1 aliphatic carbocycles. The molecule has 20 heavy (non-hydrogen) atoms. The Kier molecular flexibility index (Phi) is 5.02. The first-order valence-corrected chi connectivity index (χ1v) is 7.64. The van der Waals surface area contributed by atoms with Crippen molar-refractivity contribution in [3.63, 3.8) is 0 Å². The molecule has 1 amide bonds. The molecule has 1 aliphatic heterocycles. The maximum atomic E-state index is 12.2. The highest BCUT2D eigenvalue weighted by Gasteiger charge is 2.49. The summed E-state index contributed by atoms with van der Waals surface area (Å²) < 4.78 is 5.42. The van der Waals surface area contributed by atoms with Gasteiger partial charge in [0.25, 0.3) is 0 Å². The lowest BCUT2D eigenvalue weighted by Crippen LogP contribution is -2.43. The summed E-state index contributed by atoms with van der Waals surface area (Å²) in [6.45, 7) is 5.11. The molecule has 1 saturated carbocycles. The summed E-state index contributed by atoms with van der Waals surface area (Å²) in [7, 11) is 0. The molecule has 2 aliphatic rings. The molecule has 0 radical (unpaired) electrons. The Hall–Kier alpha value is -1.10. The molecule has 114 valence electrons. The van der Waals surface area contributed by atoms with Crippen LogP contribution in [0.5, 0.6) is 0 Å². The lowest BCUT2D eigenvalue weighted by molar-refractivity contribution is -0.149. The minimum Gasteiger partial charge on any atom is -0.480 e. The van der Waals surface area contributed by atoms with E-state index in [-0.39, 0.29) is 17.9 Å². The Labute approximate surface area is 120 Å². The Balaban J connectivity index is 1.87. The topological polar surface area (TPSA) is 66.8 Å². The standard InChI is InChI=1S/C15H25NO4/c1-10(2)20-8-4-7-13(17)16-9-11-5-3-6-12(11)14(16)15(18)19/h10-12,14H,3-9H2,1-2H3,(H,18,19). The molecule has 1 N–H and O–H groups in total. The summed E-state index contributed by atoms with van der Waals surface area (Å²) >= 11 is 0. The van der Waals surface area contributed by atoms with E-state index < -0.39 is 12.0 Å². The first-order valence-electron chi connectivity index (χ1n) is 7.64. The van der Waals surface area contributed by atoms with Crippen LogP contribution < -0.4 is 0 Å². The number of fused-ring (bicyclic) bond motifs is 1. The van der Waals surface area contributed by atoms with Crippen molar-refractivity contribution in [3.8, 4) is 0 Å². The van der Waals surface area contributed by atoms with Gasteiger partial charge in [-0.15, -0.1) is 0 Å². The number of likely N-dealkylation sites (tertiary alicyclic amines) is 1. The van der Waals surface area contributed by atoms with Crippen LogP contribution in [0.25, 0.3) is 0 Å². The molecule has 3 unspecified atom stereocenters. The van der Waals surface area contributed by atoms with Crippen LogP contribution in [0.4, 0.5) is 0 Å². The highest BCUT2D eigenvalue weighted by atomic mass is 16.5. The molecule has 2 fully saturated rings. The molecular formula is C15H25NO4. The highest BCUT2D eigenvalue weighted by molar-refractivity contribution is 5.84. The molecule has 2 rings (SSSR count). The smallest absolute Gasteiger partial charge is 0.326 e. The highest BCUT2D eigenvalue weighted by Crippen LogP contribution is 2.42. The second-order valence-corrected chi connectivity index (χ2v) is 6.21. The maximum absolute atomic E-state index is 12.2. The molecule has 0 spiro atoms. The third-order valence-electron chi connectivity index (χ3n) is 4.45. The third kappa shape index (κ3) is 3.32. The number of carboxylic acids is 1. The summed E-state index contributed by atoms with van der Waals surface area (Å²) in [5.74, 6) is -0.305. The van der Waals surface area contributed by atoms with E-state index in [0.717, 1.165) is 19.3 Å². The van der Waals surface area contributed by atoms with Crippen molar-refractivity contribution in [2.24, 2.45) is 11.8 Å². The predicted molar refractivity (Wildman–Crippen MR) is 74.3 cm³/mol. The Bertz CT molecular complexity index is 369. The second-order valence-electron chi connectivity index (χ2n) is 6.21. The molecule has 0 bridgehead atoms. The largest absolute Gasteiger partial charge is 0.480 e. The number of amides is 1. The minimum atomic E-state index is -0.841. The van der Waals surface area contributed by atoms with Gasteiger partial charge in [0.15, 0.2) is 0 Å². The van der Waals surface area contributed by atoms with Gasteiger partial charge in [0, 0.05) is 19.6 Å². The number of carboxylic acid groups (broad SMARTS) is 1. The van der Waals surface area contributed by atoms with Gasteiger partial charge in [-0.3, -0.25) is 4.79 Å². The quantitative estimate of drug-likeness (QED) is 0.756.